The highest BCUT2D eigenvalue weighted by molar-refractivity contribution is 5.92. The van der Waals surface area contributed by atoms with Gasteiger partial charge >= 0.3 is 5.97 Å². The molecule has 10 nitrogen and oxygen atoms in total. The Labute approximate surface area is 88.0 Å². The molecule has 0 amide bonds. The number of carboxylic acids is 1. The Morgan fingerprint density at radius 1 is 1.06 bits per heavy atom. The molecule has 0 aliphatic heterocycles. The molecule has 5 N–H and O–H groups in total. The first-order valence-corrected chi connectivity index (χ1v) is 3.86. The van der Waals surface area contributed by atoms with E-state index < -0.39 is 36.3 Å². The van der Waals surface area contributed by atoms with Gasteiger partial charge in [-0.05, 0) is 5.53 Å². The maximum absolute atomic E-state index is 11.0. The number of carbonyl (C=O) groups excluding carboxylic acids is 1. The molecule has 90 valence electrons. The fourth-order valence-corrected chi connectivity index (χ4v) is 0.729. The number of azide groups is 1. The van der Waals surface area contributed by atoms with Crippen LogP contribution < -0.4 is 0 Å². The summed E-state index contributed by atoms with van der Waals surface area (Å²) in [4.78, 5) is 23.3. The van der Waals surface area contributed by atoms with E-state index in [1.165, 1.54) is 0 Å². The normalized spacial score (nSPS) is 17.8. The molecule has 4 atom stereocenters. The van der Waals surface area contributed by atoms with E-state index in [1.807, 2.05) is 0 Å². The maximum atomic E-state index is 11.0. The van der Waals surface area contributed by atoms with Crippen LogP contribution in [0.5, 0.6) is 0 Å². The fraction of sp³-hybridized carbons (Fsp3) is 0.667. The Kier molecular flexibility index (Phi) is 5.36. The summed E-state index contributed by atoms with van der Waals surface area (Å²) < 4.78 is 0. The Morgan fingerprint density at radius 2 is 1.56 bits per heavy atom. The number of Topliss-reactive ketones (excluding diaryl/α,β-unsaturated/α-hetero) is 1. The van der Waals surface area contributed by atoms with Crippen LogP contribution in [0.25, 0.3) is 10.4 Å². The van der Waals surface area contributed by atoms with Crippen molar-refractivity contribution in [1.82, 2.24) is 0 Å². The van der Waals surface area contributed by atoms with Crippen LogP contribution in [0.1, 0.15) is 0 Å². The maximum Gasteiger partial charge on any atom is 0.335 e. The third-order valence-electron chi connectivity index (χ3n) is 1.59. The summed E-state index contributed by atoms with van der Waals surface area (Å²) in [5.74, 6) is -3.46. The zero-order chi connectivity index (χ0) is 12.9. The van der Waals surface area contributed by atoms with E-state index in [-0.39, 0.29) is 0 Å². The lowest BCUT2D eigenvalue weighted by Crippen LogP contribution is -2.47. The summed E-state index contributed by atoms with van der Waals surface area (Å²) in [5, 5.41) is 46.3. The van der Waals surface area contributed by atoms with Crippen LogP contribution in [0.4, 0.5) is 0 Å². The second-order valence-corrected chi connectivity index (χ2v) is 2.69. The minimum Gasteiger partial charge on any atom is -0.479 e. The number of hydrogen-bond acceptors (Lipinski definition) is 7. The highest BCUT2D eigenvalue weighted by atomic mass is 16.4. The van der Waals surface area contributed by atoms with Crippen molar-refractivity contribution < 1.29 is 35.1 Å². The van der Waals surface area contributed by atoms with E-state index in [9.17, 15) is 9.59 Å². The van der Waals surface area contributed by atoms with E-state index in [0.717, 1.165) is 0 Å². The molecule has 0 radical (unpaired) electrons. The van der Waals surface area contributed by atoms with Gasteiger partial charge in [0, 0.05) is 4.91 Å². The van der Waals surface area contributed by atoms with Crippen molar-refractivity contribution in [3.63, 3.8) is 0 Å². The second kappa shape index (κ2) is 6.00. The van der Waals surface area contributed by atoms with Crippen molar-refractivity contribution >= 4 is 11.8 Å². The number of aliphatic hydroxyl groups is 4. The van der Waals surface area contributed by atoms with Crippen LogP contribution in [0.2, 0.25) is 0 Å². The Morgan fingerprint density at radius 3 is 1.94 bits per heavy atom. The smallest absolute Gasteiger partial charge is 0.335 e. The van der Waals surface area contributed by atoms with Crippen molar-refractivity contribution in [2.75, 3.05) is 0 Å². The van der Waals surface area contributed by atoms with Crippen LogP contribution in [0.15, 0.2) is 5.11 Å². The van der Waals surface area contributed by atoms with E-state index in [0.29, 0.717) is 0 Å². The summed E-state index contributed by atoms with van der Waals surface area (Å²) in [6.07, 6.45) is -9.37. The molecule has 0 heterocycles. The van der Waals surface area contributed by atoms with Gasteiger partial charge in [0.05, 0.1) is 0 Å². The average molecular weight is 235 g/mol. The van der Waals surface area contributed by atoms with Gasteiger partial charge in [0.2, 0.25) is 0 Å². The molecule has 1 unspecified atom stereocenters. The minimum atomic E-state index is -2.44. The van der Waals surface area contributed by atoms with Crippen molar-refractivity contribution in [2.45, 2.75) is 24.5 Å². The van der Waals surface area contributed by atoms with Crippen LogP contribution in [0, 0.1) is 0 Å². The standard InChI is InChI=1S/C6H9N3O7/c7-9-8-5(14)3(12)1(10)2(11)4(13)6(15)16/h2-5,11-14H,(H,15,16)/t2-,3+,4-,5?/m0/s1. The number of rotatable bonds is 6. The third kappa shape index (κ3) is 3.46. The average Bonchev–Trinajstić information content (AvgIpc) is 2.25. The summed E-state index contributed by atoms with van der Waals surface area (Å²) in [6, 6.07) is 0. The molecule has 16 heavy (non-hydrogen) atoms. The van der Waals surface area contributed by atoms with Crippen LogP contribution in [0.3, 0.4) is 0 Å². The number of carbonyl (C=O) groups is 2. The van der Waals surface area contributed by atoms with Crippen LogP contribution >= 0.6 is 0 Å². The predicted octanol–water partition coefficient (Wildman–Crippen LogP) is -2.65. The SMILES string of the molecule is [N-]=[N+]=NC(O)[C@H](O)C(=O)[C@H](O)[C@H](O)C(=O)O. The van der Waals surface area contributed by atoms with Crippen molar-refractivity contribution in [3.05, 3.63) is 10.4 Å². The van der Waals surface area contributed by atoms with Gasteiger partial charge in [0.25, 0.3) is 0 Å². The number of aliphatic hydroxyl groups excluding tert-OH is 4. The van der Waals surface area contributed by atoms with Gasteiger partial charge in [0.15, 0.2) is 24.2 Å². The number of nitrogens with zero attached hydrogens (tertiary/aromatic N) is 3. The molecule has 0 aromatic carbocycles. The topological polar surface area (TPSA) is 184 Å². The molecule has 10 heteroatoms. The second-order valence-electron chi connectivity index (χ2n) is 2.69. The number of carboxylic acid groups (broad SMARTS) is 1. The van der Waals surface area contributed by atoms with Gasteiger partial charge in [-0.2, -0.15) is 0 Å². The lowest BCUT2D eigenvalue weighted by Gasteiger charge is -2.17. The lowest BCUT2D eigenvalue weighted by molar-refractivity contribution is -0.162. The molecule has 0 aromatic heterocycles. The zero-order valence-corrected chi connectivity index (χ0v) is 7.70. The molecule has 0 aliphatic carbocycles. The molecule has 0 bridgehead atoms. The monoisotopic (exact) mass is 235 g/mol. The number of hydrogen-bond donors (Lipinski definition) is 5. The van der Waals surface area contributed by atoms with E-state index in [4.69, 9.17) is 31.1 Å². The largest absolute Gasteiger partial charge is 0.479 e. The van der Waals surface area contributed by atoms with Gasteiger partial charge in [0.1, 0.15) is 6.10 Å². The zero-order valence-electron chi connectivity index (χ0n) is 7.70. The first-order valence-electron chi connectivity index (χ1n) is 3.86. The van der Waals surface area contributed by atoms with Gasteiger partial charge in [-0.15, -0.1) is 0 Å². The Hall–Kier alpha value is -1.71. The van der Waals surface area contributed by atoms with Gasteiger partial charge < -0.3 is 25.5 Å². The predicted molar refractivity (Wildman–Crippen MR) is 45.8 cm³/mol. The highest BCUT2D eigenvalue weighted by Gasteiger charge is 2.36. The van der Waals surface area contributed by atoms with Gasteiger partial charge in [-0.3, -0.25) is 4.79 Å². The summed E-state index contributed by atoms with van der Waals surface area (Å²) in [5.41, 5.74) is 7.87. The van der Waals surface area contributed by atoms with Gasteiger partial charge in [-0.1, -0.05) is 5.11 Å². The molecule has 0 saturated carbocycles. The third-order valence-corrected chi connectivity index (χ3v) is 1.59. The quantitative estimate of drug-likeness (QED) is 0.189. The summed E-state index contributed by atoms with van der Waals surface area (Å²) in [6.45, 7) is 0. The fourth-order valence-electron chi connectivity index (χ4n) is 0.729. The van der Waals surface area contributed by atoms with Gasteiger partial charge in [-0.25, -0.2) is 4.79 Å². The molecule has 0 fully saturated rings. The number of aliphatic carboxylic acids is 1. The van der Waals surface area contributed by atoms with E-state index >= 15 is 0 Å². The molecular weight excluding hydrogens is 226 g/mol. The summed E-state index contributed by atoms with van der Waals surface area (Å²) in [7, 11) is 0. The Balaban J connectivity index is 4.66. The van der Waals surface area contributed by atoms with E-state index in [2.05, 4.69) is 10.0 Å². The first kappa shape index (κ1) is 14.3. The Bertz CT molecular complexity index is 310. The van der Waals surface area contributed by atoms with Crippen LogP contribution in [-0.2, 0) is 9.59 Å². The van der Waals surface area contributed by atoms with Crippen molar-refractivity contribution in [1.29, 1.82) is 0 Å². The highest BCUT2D eigenvalue weighted by Crippen LogP contribution is 2.04. The first-order chi connectivity index (χ1) is 7.32. The van der Waals surface area contributed by atoms with Crippen molar-refractivity contribution in [2.24, 2.45) is 5.11 Å². The molecule has 0 saturated heterocycles. The lowest BCUT2D eigenvalue weighted by atomic mass is 10.0. The van der Waals surface area contributed by atoms with E-state index in [1.54, 1.807) is 0 Å². The molecule has 0 aliphatic rings. The molecule has 0 aromatic rings. The van der Waals surface area contributed by atoms with Crippen molar-refractivity contribution in [3.8, 4) is 0 Å². The minimum absolute atomic E-state index is 1.57. The van der Waals surface area contributed by atoms with Crippen LogP contribution in [-0.4, -0.2) is 61.8 Å². The molecule has 0 rings (SSSR count). The summed E-state index contributed by atoms with van der Waals surface area (Å²) >= 11 is 0. The molecule has 0 spiro atoms. The number of ketones is 1. The molecular formula is C6H9N3O7.